The zero-order valence-electron chi connectivity index (χ0n) is 11.7. The minimum absolute atomic E-state index is 0.198. The average molecular weight is 304 g/mol. The maximum absolute atomic E-state index is 5.89. The second kappa shape index (κ2) is 6.28. The van der Waals surface area contributed by atoms with Gasteiger partial charge in [-0.05, 0) is 12.0 Å². The Hall–Kier alpha value is -1.85. The first-order chi connectivity index (χ1) is 10.2. The molecule has 1 fully saturated rings. The van der Waals surface area contributed by atoms with Crippen LogP contribution in [0.2, 0.25) is 5.15 Å². The van der Waals surface area contributed by atoms with Crippen molar-refractivity contribution >= 4 is 23.4 Å². The molecule has 21 heavy (non-hydrogen) atoms. The molecule has 1 aliphatic heterocycles. The van der Waals surface area contributed by atoms with Gasteiger partial charge in [0, 0.05) is 31.7 Å². The summed E-state index contributed by atoms with van der Waals surface area (Å²) in [5.41, 5.74) is 6.95. The summed E-state index contributed by atoms with van der Waals surface area (Å²) in [7, 11) is 0. The summed E-state index contributed by atoms with van der Waals surface area (Å²) in [5, 5.41) is 3.75. The Morgan fingerprint density at radius 2 is 2.10 bits per heavy atom. The molecule has 3 N–H and O–H groups in total. The molecular weight excluding hydrogens is 286 g/mol. The monoisotopic (exact) mass is 303 g/mol. The Labute approximate surface area is 129 Å². The number of aromatic nitrogens is 2. The van der Waals surface area contributed by atoms with E-state index < -0.39 is 0 Å². The Balaban J connectivity index is 1.57. The van der Waals surface area contributed by atoms with Crippen molar-refractivity contribution in [3.05, 3.63) is 47.1 Å². The van der Waals surface area contributed by atoms with Crippen LogP contribution in [0.5, 0.6) is 0 Å². The fourth-order valence-electron chi connectivity index (χ4n) is 2.65. The summed E-state index contributed by atoms with van der Waals surface area (Å²) in [4.78, 5) is 10.5. The molecule has 5 nitrogen and oxygen atoms in total. The number of anilines is 2. The quantitative estimate of drug-likeness (QED) is 0.849. The van der Waals surface area contributed by atoms with Gasteiger partial charge in [-0.3, -0.25) is 4.90 Å². The van der Waals surface area contributed by atoms with Crippen molar-refractivity contribution in [2.75, 3.05) is 24.1 Å². The van der Waals surface area contributed by atoms with Gasteiger partial charge >= 0.3 is 0 Å². The maximum atomic E-state index is 5.89. The van der Waals surface area contributed by atoms with Gasteiger partial charge < -0.3 is 11.1 Å². The average Bonchev–Trinajstić information content (AvgIpc) is 2.86. The van der Waals surface area contributed by atoms with E-state index >= 15 is 0 Å². The molecule has 1 aromatic carbocycles. The van der Waals surface area contributed by atoms with E-state index in [1.807, 2.05) is 6.07 Å². The van der Waals surface area contributed by atoms with Gasteiger partial charge in [0.05, 0.1) is 0 Å². The third-order valence-electron chi connectivity index (χ3n) is 3.59. The van der Waals surface area contributed by atoms with E-state index in [-0.39, 0.29) is 5.95 Å². The maximum Gasteiger partial charge on any atom is 0.223 e. The fraction of sp³-hybridized carbons (Fsp3) is 0.333. The zero-order valence-corrected chi connectivity index (χ0v) is 12.4. The first-order valence-electron chi connectivity index (χ1n) is 7.02. The first kappa shape index (κ1) is 14.1. The van der Waals surface area contributed by atoms with Crippen molar-refractivity contribution in [3.8, 4) is 0 Å². The van der Waals surface area contributed by atoms with Crippen LogP contribution in [0, 0.1) is 0 Å². The lowest BCUT2D eigenvalue weighted by molar-refractivity contribution is 0.328. The second-order valence-corrected chi connectivity index (χ2v) is 5.67. The number of nitrogens with two attached hydrogens (primary N) is 1. The van der Waals surface area contributed by atoms with E-state index in [4.69, 9.17) is 17.3 Å². The fourth-order valence-corrected chi connectivity index (χ4v) is 2.84. The van der Waals surface area contributed by atoms with Gasteiger partial charge in [-0.25, -0.2) is 4.98 Å². The number of nitrogen functional groups attached to an aromatic ring is 1. The van der Waals surface area contributed by atoms with Gasteiger partial charge in [0.25, 0.3) is 0 Å². The highest BCUT2D eigenvalue weighted by atomic mass is 35.5. The number of halogens is 1. The highest BCUT2D eigenvalue weighted by molar-refractivity contribution is 6.29. The van der Waals surface area contributed by atoms with E-state index in [0.29, 0.717) is 17.0 Å². The molecule has 1 aliphatic rings. The Kier molecular flexibility index (Phi) is 4.22. The van der Waals surface area contributed by atoms with Crippen LogP contribution in [0.4, 0.5) is 11.8 Å². The molecule has 0 spiro atoms. The number of hydrogen-bond donors (Lipinski definition) is 2. The molecule has 1 aromatic heterocycles. The summed E-state index contributed by atoms with van der Waals surface area (Å²) in [5.74, 6) is 0.892. The van der Waals surface area contributed by atoms with Gasteiger partial charge in [-0.15, -0.1) is 0 Å². The summed E-state index contributed by atoms with van der Waals surface area (Å²) < 4.78 is 0. The third-order valence-corrected chi connectivity index (χ3v) is 3.78. The van der Waals surface area contributed by atoms with Crippen LogP contribution in [0.1, 0.15) is 12.0 Å². The zero-order chi connectivity index (χ0) is 14.7. The Bertz CT molecular complexity index is 584. The molecule has 1 saturated heterocycles. The highest BCUT2D eigenvalue weighted by Crippen LogP contribution is 2.19. The lowest BCUT2D eigenvalue weighted by Gasteiger charge is -2.17. The van der Waals surface area contributed by atoms with Crippen LogP contribution < -0.4 is 11.1 Å². The van der Waals surface area contributed by atoms with Crippen molar-refractivity contribution < 1.29 is 0 Å². The Morgan fingerprint density at radius 3 is 2.86 bits per heavy atom. The minimum Gasteiger partial charge on any atom is -0.368 e. The van der Waals surface area contributed by atoms with E-state index in [0.717, 1.165) is 26.1 Å². The van der Waals surface area contributed by atoms with Gasteiger partial charge in [0.1, 0.15) is 11.0 Å². The number of rotatable bonds is 4. The van der Waals surface area contributed by atoms with Crippen LogP contribution in [0.3, 0.4) is 0 Å². The predicted octanol–water partition coefficient (Wildman–Crippen LogP) is 2.40. The van der Waals surface area contributed by atoms with E-state index in [1.165, 1.54) is 5.56 Å². The molecule has 0 unspecified atom stereocenters. The molecule has 2 aromatic rings. The van der Waals surface area contributed by atoms with E-state index in [1.54, 1.807) is 6.07 Å². The van der Waals surface area contributed by atoms with Gasteiger partial charge in [-0.1, -0.05) is 41.9 Å². The second-order valence-electron chi connectivity index (χ2n) is 5.28. The number of hydrogen-bond acceptors (Lipinski definition) is 5. The normalized spacial score (nSPS) is 18.8. The summed E-state index contributed by atoms with van der Waals surface area (Å²) in [6.45, 7) is 3.03. The van der Waals surface area contributed by atoms with Crippen LogP contribution in [0.25, 0.3) is 0 Å². The van der Waals surface area contributed by atoms with Crippen molar-refractivity contribution in [2.45, 2.75) is 19.0 Å². The molecule has 0 amide bonds. The predicted molar refractivity (Wildman–Crippen MR) is 85.2 cm³/mol. The van der Waals surface area contributed by atoms with Crippen molar-refractivity contribution in [1.29, 1.82) is 0 Å². The SMILES string of the molecule is Nc1nc(Cl)cc(N[C@@H]2CCN(Cc3ccccc3)C2)n1. The van der Waals surface area contributed by atoms with Crippen LogP contribution in [-0.4, -0.2) is 34.0 Å². The van der Waals surface area contributed by atoms with Crippen LogP contribution >= 0.6 is 11.6 Å². The highest BCUT2D eigenvalue weighted by Gasteiger charge is 2.22. The largest absolute Gasteiger partial charge is 0.368 e. The van der Waals surface area contributed by atoms with Crippen LogP contribution in [-0.2, 0) is 6.54 Å². The summed E-state index contributed by atoms with van der Waals surface area (Å²) in [6.07, 6.45) is 1.08. The van der Waals surface area contributed by atoms with E-state index in [2.05, 4.69) is 44.5 Å². The topological polar surface area (TPSA) is 67.1 Å². The Morgan fingerprint density at radius 1 is 1.29 bits per heavy atom. The standard InChI is InChI=1S/C15H18ClN5/c16-13-8-14(20-15(17)19-13)18-12-6-7-21(10-12)9-11-4-2-1-3-5-11/h1-5,8,12H,6-7,9-10H2,(H3,17,18,19,20)/t12-/m1/s1. The van der Waals surface area contributed by atoms with Gasteiger partial charge in [0.2, 0.25) is 5.95 Å². The third kappa shape index (κ3) is 3.83. The molecule has 3 rings (SSSR count). The molecule has 0 bridgehead atoms. The number of nitrogens with one attached hydrogen (secondary N) is 1. The first-order valence-corrected chi connectivity index (χ1v) is 7.40. The number of benzene rings is 1. The van der Waals surface area contributed by atoms with Crippen molar-refractivity contribution in [3.63, 3.8) is 0 Å². The summed E-state index contributed by atoms with van der Waals surface area (Å²) >= 11 is 5.89. The van der Waals surface area contributed by atoms with E-state index in [9.17, 15) is 0 Å². The smallest absolute Gasteiger partial charge is 0.223 e. The van der Waals surface area contributed by atoms with Gasteiger partial charge in [-0.2, -0.15) is 4.98 Å². The van der Waals surface area contributed by atoms with Crippen LogP contribution in [0.15, 0.2) is 36.4 Å². The molecule has 110 valence electrons. The van der Waals surface area contributed by atoms with Gasteiger partial charge in [0.15, 0.2) is 0 Å². The number of likely N-dealkylation sites (tertiary alicyclic amines) is 1. The molecule has 2 heterocycles. The van der Waals surface area contributed by atoms with Crippen molar-refractivity contribution in [2.24, 2.45) is 0 Å². The molecule has 6 heteroatoms. The molecular formula is C15H18ClN5. The molecule has 0 radical (unpaired) electrons. The lowest BCUT2D eigenvalue weighted by atomic mass is 10.2. The molecule has 0 aliphatic carbocycles. The minimum atomic E-state index is 0.198. The molecule has 0 saturated carbocycles. The number of nitrogens with zero attached hydrogens (tertiary/aromatic N) is 3. The lowest BCUT2D eigenvalue weighted by Crippen LogP contribution is -2.26. The molecule has 1 atom stereocenters. The summed E-state index contributed by atoms with van der Waals surface area (Å²) in [6, 6.07) is 12.6. The van der Waals surface area contributed by atoms with Crippen molar-refractivity contribution in [1.82, 2.24) is 14.9 Å².